The standard InChI is InChI=1S/C14H19ClN2O2/c1-11(14(18)17-7-5-16-6-8-17)19-10-12-3-2-4-13(15)9-12/h2-4,9,11,16H,5-8,10H2,1H3. The number of benzene rings is 1. The Morgan fingerprint density at radius 2 is 2.21 bits per heavy atom. The molecule has 4 nitrogen and oxygen atoms in total. The van der Waals surface area contributed by atoms with E-state index in [2.05, 4.69) is 5.32 Å². The molecule has 1 aromatic rings. The fourth-order valence-corrected chi connectivity index (χ4v) is 2.27. The van der Waals surface area contributed by atoms with Gasteiger partial charge in [-0.2, -0.15) is 0 Å². The largest absolute Gasteiger partial charge is 0.364 e. The number of amides is 1. The van der Waals surface area contributed by atoms with Gasteiger partial charge in [-0.15, -0.1) is 0 Å². The molecular weight excluding hydrogens is 264 g/mol. The quantitative estimate of drug-likeness (QED) is 0.914. The third-order valence-corrected chi connectivity index (χ3v) is 3.40. The van der Waals surface area contributed by atoms with Crippen LogP contribution in [0.2, 0.25) is 5.02 Å². The first kappa shape index (κ1) is 14.3. The molecule has 0 spiro atoms. The van der Waals surface area contributed by atoms with Gasteiger partial charge < -0.3 is 15.0 Å². The second kappa shape index (κ2) is 6.89. The van der Waals surface area contributed by atoms with Crippen LogP contribution in [-0.4, -0.2) is 43.1 Å². The molecule has 1 fully saturated rings. The first-order valence-electron chi connectivity index (χ1n) is 6.52. The minimum absolute atomic E-state index is 0.0588. The zero-order chi connectivity index (χ0) is 13.7. The summed E-state index contributed by atoms with van der Waals surface area (Å²) in [6, 6.07) is 7.49. The highest BCUT2D eigenvalue weighted by atomic mass is 35.5. The highest BCUT2D eigenvalue weighted by molar-refractivity contribution is 6.30. The molecule has 0 bridgehead atoms. The fraction of sp³-hybridized carbons (Fsp3) is 0.500. The minimum atomic E-state index is -0.419. The Bertz CT molecular complexity index is 433. The van der Waals surface area contributed by atoms with Gasteiger partial charge in [-0.05, 0) is 24.6 Å². The zero-order valence-electron chi connectivity index (χ0n) is 11.1. The normalized spacial score (nSPS) is 17.3. The van der Waals surface area contributed by atoms with E-state index < -0.39 is 6.10 Å². The summed E-state index contributed by atoms with van der Waals surface area (Å²) in [5.41, 5.74) is 0.979. The Kier molecular flexibility index (Phi) is 5.19. The smallest absolute Gasteiger partial charge is 0.251 e. The van der Waals surface area contributed by atoms with E-state index >= 15 is 0 Å². The minimum Gasteiger partial charge on any atom is -0.364 e. The van der Waals surface area contributed by atoms with Gasteiger partial charge in [0.1, 0.15) is 6.10 Å². The van der Waals surface area contributed by atoms with Crippen molar-refractivity contribution in [1.82, 2.24) is 10.2 Å². The fourth-order valence-electron chi connectivity index (χ4n) is 2.06. The Balaban J connectivity index is 1.83. The molecule has 1 heterocycles. The summed E-state index contributed by atoms with van der Waals surface area (Å²) in [6.45, 7) is 5.42. The highest BCUT2D eigenvalue weighted by Gasteiger charge is 2.22. The van der Waals surface area contributed by atoms with Crippen molar-refractivity contribution in [2.45, 2.75) is 19.6 Å². The number of hydrogen-bond acceptors (Lipinski definition) is 3. The number of piperazine rings is 1. The topological polar surface area (TPSA) is 41.6 Å². The van der Waals surface area contributed by atoms with Crippen LogP contribution in [0.4, 0.5) is 0 Å². The van der Waals surface area contributed by atoms with Gasteiger partial charge in [-0.25, -0.2) is 0 Å². The van der Waals surface area contributed by atoms with Crippen LogP contribution in [-0.2, 0) is 16.1 Å². The Morgan fingerprint density at radius 1 is 1.47 bits per heavy atom. The summed E-state index contributed by atoms with van der Waals surface area (Å²) in [5, 5.41) is 3.91. The van der Waals surface area contributed by atoms with Crippen molar-refractivity contribution < 1.29 is 9.53 Å². The molecule has 104 valence electrons. The van der Waals surface area contributed by atoms with E-state index in [4.69, 9.17) is 16.3 Å². The molecule has 1 aliphatic heterocycles. The van der Waals surface area contributed by atoms with E-state index in [0.29, 0.717) is 11.6 Å². The van der Waals surface area contributed by atoms with Crippen LogP contribution in [0.25, 0.3) is 0 Å². The first-order valence-corrected chi connectivity index (χ1v) is 6.90. The van der Waals surface area contributed by atoms with Gasteiger partial charge in [0.25, 0.3) is 5.91 Å². The zero-order valence-corrected chi connectivity index (χ0v) is 11.8. The Hall–Kier alpha value is -1.10. The second-order valence-electron chi connectivity index (χ2n) is 4.66. The molecule has 0 aromatic heterocycles. The average Bonchev–Trinajstić information content (AvgIpc) is 2.45. The Morgan fingerprint density at radius 3 is 2.89 bits per heavy atom. The lowest BCUT2D eigenvalue weighted by Crippen LogP contribution is -2.49. The number of halogens is 1. The molecule has 5 heteroatoms. The third-order valence-electron chi connectivity index (χ3n) is 3.17. The summed E-state index contributed by atoms with van der Waals surface area (Å²) in [5.74, 6) is 0.0588. The van der Waals surface area contributed by atoms with Crippen LogP contribution in [0.15, 0.2) is 24.3 Å². The molecule has 0 radical (unpaired) electrons. The molecule has 1 aliphatic rings. The predicted octanol–water partition coefficient (Wildman–Crippen LogP) is 1.68. The molecule has 0 aliphatic carbocycles. The van der Waals surface area contributed by atoms with Gasteiger partial charge in [-0.1, -0.05) is 23.7 Å². The number of nitrogens with zero attached hydrogens (tertiary/aromatic N) is 1. The lowest BCUT2D eigenvalue weighted by atomic mass is 10.2. The van der Waals surface area contributed by atoms with Crippen molar-refractivity contribution in [3.8, 4) is 0 Å². The number of carbonyl (C=O) groups is 1. The summed E-state index contributed by atoms with van der Waals surface area (Å²) >= 11 is 5.91. The highest BCUT2D eigenvalue weighted by Crippen LogP contribution is 2.12. The van der Waals surface area contributed by atoms with E-state index in [1.54, 1.807) is 6.92 Å². The van der Waals surface area contributed by atoms with Crippen molar-refractivity contribution in [3.05, 3.63) is 34.9 Å². The van der Waals surface area contributed by atoms with Crippen LogP contribution < -0.4 is 5.32 Å². The third kappa shape index (κ3) is 4.20. The molecule has 1 amide bonds. The van der Waals surface area contributed by atoms with Gasteiger partial charge in [-0.3, -0.25) is 4.79 Å². The summed E-state index contributed by atoms with van der Waals surface area (Å²) in [6.07, 6.45) is -0.419. The molecule has 19 heavy (non-hydrogen) atoms. The molecule has 1 N–H and O–H groups in total. The maximum Gasteiger partial charge on any atom is 0.251 e. The first-order chi connectivity index (χ1) is 9.16. The summed E-state index contributed by atoms with van der Waals surface area (Å²) < 4.78 is 5.63. The predicted molar refractivity (Wildman–Crippen MR) is 75.2 cm³/mol. The van der Waals surface area contributed by atoms with E-state index in [-0.39, 0.29) is 5.91 Å². The van der Waals surface area contributed by atoms with Crippen molar-refractivity contribution in [1.29, 1.82) is 0 Å². The molecule has 1 aromatic carbocycles. The molecule has 1 saturated heterocycles. The van der Waals surface area contributed by atoms with Gasteiger partial charge in [0, 0.05) is 31.2 Å². The molecule has 1 atom stereocenters. The van der Waals surface area contributed by atoms with Crippen molar-refractivity contribution >= 4 is 17.5 Å². The van der Waals surface area contributed by atoms with E-state index in [0.717, 1.165) is 31.7 Å². The monoisotopic (exact) mass is 282 g/mol. The van der Waals surface area contributed by atoms with Crippen molar-refractivity contribution in [2.24, 2.45) is 0 Å². The summed E-state index contributed by atoms with van der Waals surface area (Å²) in [4.78, 5) is 14.0. The maximum atomic E-state index is 12.1. The van der Waals surface area contributed by atoms with Crippen molar-refractivity contribution in [2.75, 3.05) is 26.2 Å². The van der Waals surface area contributed by atoms with Gasteiger partial charge in [0.15, 0.2) is 0 Å². The number of hydrogen-bond donors (Lipinski definition) is 1. The molecule has 1 unspecified atom stereocenters. The average molecular weight is 283 g/mol. The number of carbonyl (C=O) groups excluding carboxylic acids is 1. The number of nitrogens with one attached hydrogen (secondary N) is 1. The van der Waals surface area contributed by atoms with Crippen LogP contribution >= 0.6 is 11.6 Å². The number of rotatable bonds is 4. The van der Waals surface area contributed by atoms with Gasteiger partial charge >= 0.3 is 0 Å². The number of ether oxygens (including phenoxy) is 1. The lowest BCUT2D eigenvalue weighted by Gasteiger charge is -2.29. The molecule has 0 saturated carbocycles. The van der Waals surface area contributed by atoms with E-state index in [9.17, 15) is 4.79 Å². The molecular formula is C14H19ClN2O2. The van der Waals surface area contributed by atoms with Gasteiger partial charge in [0.05, 0.1) is 6.61 Å². The van der Waals surface area contributed by atoms with E-state index in [1.807, 2.05) is 29.2 Å². The summed E-state index contributed by atoms with van der Waals surface area (Å²) in [7, 11) is 0. The van der Waals surface area contributed by atoms with E-state index in [1.165, 1.54) is 0 Å². The van der Waals surface area contributed by atoms with Crippen LogP contribution in [0.3, 0.4) is 0 Å². The molecule has 2 rings (SSSR count). The van der Waals surface area contributed by atoms with Crippen LogP contribution in [0.1, 0.15) is 12.5 Å². The SMILES string of the molecule is CC(OCc1cccc(Cl)c1)C(=O)N1CCNCC1. The van der Waals surface area contributed by atoms with Crippen LogP contribution in [0, 0.1) is 0 Å². The second-order valence-corrected chi connectivity index (χ2v) is 5.09. The van der Waals surface area contributed by atoms with Crippen LogP contribution in [0.5, 0.6) is 0 Å². The maximum absolute atomic E-state index is 12.1. The van der Waals surface area contributed by atoms with Gasteiger partial charge in [0.2, 0.25) is 0 Å². The lowest BCUT2D eigenvalue weighted by molar-refractivity contribution is -0.144. The van der Waals surface area contributed by atoms with Crippen molar-refractivity contribution in [3.63, 3.8) is 0 Å². The Labute approximate surface area is 118 Å².